The first-order valence-corrected chi connectivity index (χ1v) is 25.1. The zero-order chi connectivity index (χ0) is 49.0. The van der Waals surface area contributed by atoms with Crippen LogP contribution in [-0.4, -0.2) is 131 Å². The molecule has 2 unspecified atom stereocenters. The van der Waals surface area contributed by atoms with Crippen molar-refractivity contribution < 1.29 is 63.0 Å². The lowest BCUT2D eigenvalue weighted by atomic mass is 9.78. The van der Waals surface area contributed by atoms with Gasteiger partial charge in [0, 0.05) is 56.6 Å². The molecule has 1 saturated carbocycles. The molecule has 0 aromatic carbocycles. The summed E-state index contributed by atoms with van der Waals surface area (Å²) in [5.74, 6) is -7.18. The van der Waals surface area contributed by atoms with Crippen LogP contribution in [0.4, 0.5) is 0 Å². The first-order chi connectivity index (χ1) is 31.8. The van der Waals surface area contributed by atoms with Crippen LogP contribution in [0.3, 0.4) is 0 Å². The summed E-state index contributed by atoms with van der Waals surface area (Å²) in [4.78, 5) is 71.7. The van der Waals surface area contributed by atoms with E-state index >= 15 is 0 Å². The second-order valence-corrected chi connectivity index (χ2v) is 20.8. The van der Waals surface area contributed by atoms with Gasteiger partial charge in [-0.05, 0) is 107 Å². The predicted molar refractivity (Wildman–Crippen MR) is 252 cm³/mol. The quantitative estimate of drug-likeness (QED) is 0.141. The first kappa shape index (κ1) is 54.6. The number of fused-ring (bicyclic) bond motifs is 3. The standard InChI is InChI=1S/C53H81NO13/c1-32-14-10-9-11-15-33(2)47(65-31-40-29-64-30-40)26-41-19-17-38(7)53(62,67-41)50(59)51(60)54-21-13-12-16-42(54)52(61)66-48(37(6)24-39-18-20-43(55)49(25-39)63-8)28-46(58)36(5)23-35(4)45(57)27-44(56)34(3)22-32/h9-11,14-15,23,32,34,36-43,45,47-49,55,57,62H,12-13,16-22,24-31H2,1-8H3/b11-9+,14-10+,33-15+,35-23+/t32-,34-,36-,37-,38-,39+,41+,42?,43-,45+,47?,48+,49-,53-/m1/s1. The van der Waals surface area contributed by atoms with E-state index < -0.39 is 71.8 Å². The molecule has 0 spiro atoms. The van der Waals surface area contributed by atoms with E-state index in [2.05, 4.69) is 0 Å². The number of carbonyl (C=O) groups excluding carboxylic acids is 5. The van der Waals surface area contributed by atoms with Crippen LogP contribution in [-0.2, 0) is 47.7 Å². The van der Waals surface area contributed by atoms with Crippen LogP contribution < -0.4 is 0 Å². The van der Waals surface area contributed by atoms with E-state index in [1.165, 1.54) is 4.90 Å². The van der Waals surface area contributed by atoms with Gasteiger partial charge in [-0.3, -0.25) is 19.2 Å². The summed E-state index contributed by atoms with van der Waals surface area (Å²) in [5, 5.41) is 33.7. The van der Waals surface area contributed by atoms with E-state index in [9.17, 15) is 39.3 Å². The fourth-order valence-electron chi connectivity index (χ4n) is 10.3. The molecule has 5 rings (SSSR count). The molecule has 5 aliphatic rings. The van der Waals surface area contributed by atoms with E-state index in [0.29, 0.717) is 83.2 Å². The number of methoxy groups -OCH3 is 1. The number of Topliss-reactive ketones (excluding diaryl/α,β-unsaturated/α-hetero) is 3. The smallest absolute Gasteiger partial charge is 0.329 e. The number of allylic oxidation sites excluding steroid dienone is 6. The molecule has 1 amide bonds. The molecule has 14 heteroatoms. The molecule has 3 N–H and O–H groups in total. The summed E-state index contributed by atoms with van der Waals surface area (Å²) in [5.41, 5.74) is 1.40. The van der Waals surface area contributed by atoms with Crippen LogP contribution in [0.2, 0.25) is 0 Å². The van der Waals surface area contributed by atoms with E-state index in [-0.39, 0.29) is 73.1 Å². The number of hydrogen-bond donors (Lipinski definition) is 3. The Balaban J connectivity index is 1.44. The molecular weight excluding hydrogens is 859 g/mol. The molecule has 3 saturated heterocycles. The summed E-state index contributed by atoms with van der Waals surface area (Å²) in [7, 11) is 1.57. The Morgan fingerprint density at radius 3 is 2.30 bits per heavy atom. The third-order valence-corrected chi connectivity index (χ3v) is 15.1. The molecule has 0 aromatic heterocycles. The number of aliphatic hydroxyl groups is 3. The van der Waals surface area contributed by atoms with Gasteiger partial charge in [-0.25, -0.2) is 4.79 Å². The van der Waals surface area contributed by atoms with Crippen molar-refractivity contribution in [3.63, 3.8) is 0 Å². The molecule has 1 aliphatic carbocycles. The molecule has 0 aromatic rings. The summed E-state index contributed by atoms with van der Waals surface area (Å²) in [6.07, 6.45) is 12.9. The van der Waals surface area contributed by atoms with Gasteiger partial charge in [0.1, 0.15) is 23.7 Å². The molecule has 0 radical (unpaired) electrons. The predicted octanol–water partition coefficient (Wildman–Crippen LogP) is 6.57. The number of nitrogens with zero attached hydrogens (tertiary/aromatic N) is 1. The Morgan fingerprint density at radius 2 is 1.60 bits per heavy atom. The molecule has 14 nitrogen and oxygen atoms in total. The van der Waals surface area contributed by atoms with Gasteiger partial charge in [-0.15, -0.1) is 0 Å². The number of rotatable bonds is 7. The molecule has 2 bridgehead atoms. The number of cyclic esters (lactones) is 1. The van der Waals surface area contributed by atoms with Crippen molar-refractivity contribution in [2.24, 2.45) is 41.4 Å². The van der Waals surface area contributed by atoms with Gasteiger partial charge in [0.15, 0.2) is 0 Å². The van der Waals surface area contributed by atoms with Crippen LogP contribution in [0.15, 0.2) is 47.6 Å². The summed E-state index contributed by atoms with van der Waals surface area (Å²) in [6.45, 7) is 14.7. The second kappa shape index (κ2) is 25.5. The van der Waals surface area contributed by atoms with Crippen LogP contribution in [0.25, 0.3) is 0 Å². The molecule has 4 fully saturated rings. The highest BCUT2D eigenvalue weighted by Gasteiger charge is 2.53. The monoisotopic (exact) mass is 940 g/mol. The number of amides is 1. The SMILES string of the molecule is CO[C@@H]1C[C@H](C[C@@H](C)[C@@H]2CC(=O)[C@H](C)/C=C(\C)[C@@H](O)CC(=O)[C@H](C)C[C@H](C)/C=C/C=C/C=C(\C)C(OCC3COC3)C[C@@H]3CC[C@@H](C)[C@@](O)(O3)C(=O)C(=O)N3CCCCC3C(=O)O2)CC[C@H]1O. The van der Waals surface area contributed by atoms with Gasteiger partial charge in [-0.2, -0.15) is 0 Å². The average molecular weight is 940 g/mol. The van der Waals surface area contributed by atoms with E-state index in [1.807, 2.05) is 58.1 Å². The number of aliphatic hydroxyl groups excluding tert-OH is 2. The topological polar surface area (TPSA) is 195 Å². The van der Waals surface area contributed by atoms with Gasteiger partial charge in [0.05, 0.1) is 50.3 Å². The van der Waals surface area contributed by atoms with Crippen LogP contribution in [0.5, 0.6) is 0 Å². The maximum Gasteiger partial charge on any atom is 0.329 e. The highest BCUT2D eigenvalue weighted by molar-refractivity contribution is 6.39. The van der Waals surface area contributed by atoms with Gasteiger partial charge in [-0.1, -0.05) is 71.1 Å². The minimum absolute atomic E-state index is 0.0735. The maximum atomic E-state index is 14.4. The number of esters is 1. The molecule has 376 valence electrons. The Bertz CT molecular complexity index is 1820. The van der Waals surface area contributed by atoms with Crippen molar-refractivity contribution in [3.8, 4) is 0 Å². The summed E-state index contributed by atoms with van der Waals surface area (Å²) < 4.78 is 29.9. The number of carbonyl (C=O) groups is 5. The van der Waals surface area contributed by atoms with E-state index in [0.717, 1.165) is 12.0 Å². The average Bonchev–Trinajstić information content (AvgIpc) is 3.28. The lowest BCUT2D eigenvalue weighted by molar-refractivity contribution is -0.266. The van der Waals surface area contributed by atoms with Crippen molar-refractivity contribution in [2.75, 3.05) is 33.5 Å². The summed E-state index contributed by atoms with van der Waals surface area (Å²) in [6, 6.07) is -1.13. The zero-order valence-electron chi connectivity index (χ0n) is 41.4. The fraction of sp³-hybridized carbons (Fsp3) is 0.755. The molecular formula is C53H81NO13. The largest absolute Gasteiger partial charge is 0.460 e. The number of ketones is 3. The third-order valence-electron chi connectivity index (χ3n) is 15.1. The van der Waals surface area contributed by atoms with Crippen LogP contribution in [0, 0.1) is 41.4 Å². The first-order valence-electron chi connectivity index (χ1n) is 25.1. The Hall–Kier alpha value is -3.37. The lowest BCUT2D eigenvalue weighted by Crippen LogP contribution is -2.61. The van der Waals surface area contributed by atoms with Gasteiger partial charge >= 0.3 is 5.97 Å². The normalized spacial score (nSPS) is 39.7. The maximum absolute atomic E-state index is 14.4. The van der Waals surface area contributed by atoms with Gasteiger partial charge < -0.3 is 43.9 Å². The molecule has 14 atom stereocenters. The van der Waals surface area contributed by atoms with Crippen molar-refractivity contribution in [2.45, 2.75) is 180 Å². The number of hydrogen-bond acceptors (Lipinski definition) is 13. The van der Waals surface area contributed by atoms with E-state index in [4.69, 9.17) is 23.7 Å². The number of piperidine rings is 1. The Labute approximate surface area is 398 Å². The molecule has 4 aliphatic heterocycles. The third kappa shape index (κ3) is 15.1. The van der Waals surface area contributed by atoms with Gasteiger partial charge in [0.2, 0.25) is 5.79 Å². The fourth-order valence-corrected chi connectivity index (χ4v) is 10.3. The van der Waals surface area contributed by atoms with Crippen molar-refractivity contribution in [1.82, 2.24) is 4.90 Å². The van der Waals surface area contributed by atoms with Crippen LogP contribution >= 0.6 is 0 Å². The van der Waals surface area contributed by atoms with Crippen molar-refractivity contribution in [1.29, 1.82) is 0 Å². The van der Waals surface area contributed by atoms with Gasteiger partial charge in [0.25, 0.3) is 11.7 Å². The van der Waals surface area contributed by atoms with Crippen molar-refractivity contribution in [3.05, 3.63) is 47.6 Å². The van der Waals surface area contributed by atoms with Crippen molar-refractivity contribution >= 4 is 29.2 Å². The second-order valence-electron chi connectivity index (χ2n) is 20.8. The highest BCUT2D eigenvalue weighted by Crippen LogP contribution is 2.38. The molecule has 4 heterocycles. The highest BCUT2D eigenvalue weighted by atomic mass is 16.6. The Kier molecular flexibility index (Phi) is 20.7. The summed E-state index contributed by atoms with van der Waals surface area (Å²) >= 11 is 0. The zero-order valence-corrected chi connectivity index (χ0v) is 41.4. The lowest BCUT2D eigenvalue weighted by Gasteiger charge is -2.43. The number of ether oxygens (including phenoxy) is 5. The van der Waals surface area contributed by atoms with E-state index in [1.54, 1.807) is 34.0 Å². The van der Waals surface area contributed by atoms with Crippen LogP contribution in [0.1, 0.15) is 132 Å². The Morgan fingerprint density at radius 1 is 0.851 bits per heavy atom. The minimum atomic E-state index is -2.44. The minimum Gasteiger partial charge on any atom is -0.460 e. The molecule has 67 heavy (non-hydrogen) atoms.